The Balaban J connectivity index is 1.64. The summed E-state index contributed by atoms with van der Waals surface area (Å²) in [5.74, 6) is 0.941. The summed E-state index contributed by atoms with van der Waals surface area (Å²) in [7, 11) is -1.10. The molecule has 0 radical (unpaired) electrons. The summed E-state index contributed by atoms with van der Waals surface area (Å²) in [6.45, 7) is 0. The molecule has 118 valence electrons. The van der Waals surface area contributed by atoms with Crippen LogP contribution in [0.4, 0.5) is 5.69 Å². The van der Waals surface area contributed by atoms with E-state index in [0.29, 0.717) is 5.75 Å². The molecule has 0 bridgehead atoms. The van der Waals surface area contributed by atoms with Gasteiger partial charge in [-0.1, -0.05) is 23.9 Å². The highest BCUT2D eigenvalue weighted by Crippen LogP contribution is 2.31. The maximum absolute atomic E-state index is 11.6. The Labute approximate surface area is 132 Å². The van der Waals surface area contributed by atoms with Gasteiger partial charge >= 0.3 is 0 Å². The van der Waals surface area contributed by atoms with Gasteiger partial charge in [0.25, 0.3) is 5.69 Å². The lowest BCUT2D eigenvalue weighted by Crippen LogP contribution is -2.35. The Morgan fingerprint density at radius 3 is 2.64 bits per heavy atom. The lowest BCUT2D eigenvalue weighted by atomic mass is 10.2. The SMILES string of the molecule is CN1C(SCc2ccc([N+](=O)[O-])cc2)=N[C@@H]2CS(=O)(=O)C[C@H]21. The van der Waals surface area contributed by atoms with Gasteiger partial charge in [-0.25, -0.2) is 8.42 Å². The third kappa shape index (κ3) is 2.95. The summed E-state index contributed by atoms with van der Waals surface area (Å²) < 4.78 is 23.2. The average molecular weight is 341 g/mol. The van der Waals surface area contributed by atoms with Crippen LogP contribution in [0.25, 0.3) is 0 Å². The van der Waals surface area contributed by atoms with Crippen molar-refractivity contribution in [3.8, 4) is 0 Å². The highest BCUT2D eigenvalue weighted by Gasteiger charge is 2.44. The molecule has 0 aromatic heterocycles. The molecule has 2 atom stereocenters. The molecule has 0 saturated carbocycles. The minimum absolute atomic E-state index is 0.0515. The molecule has 0 spiro atoms. The Bertz CT molecular complexity index is 730. The molecule has 1 aromatic rings. The molecule has 2 aliphatic heterocycles. The largest absolute Gasteiger partial charge is 0.348 e. The summed E-state index contributed by atoms with van der Waals surface area (Å²) in [5, 5.41) is 11.4. The highest BCUT2D eigenvalue weighted by atomic mass is 32.2. The van der Waals surface area contributed by atoms with Crippen molar-refractivity contribution in [1.29, 1.82) is 0 Å². The van der Waals surface area contributed by atoms with Crippen molar-refractivity contribution in [2.24, 2.45) is 4.99 Å². The summed E-state index contributed by atoms with van der Waals surface area (Å²) in [5.41, 5.74) is 1.04. The number of hydrogen-bond acceptors (Lipinski definition) is 7. The van der Waals surface area contributed by atoms with Gasteiger partial charge in [-0.2, -0.15) is 0 Å². The first kappa shape index (κ1) is 15.3. The molecular formula is C13H15N3O4S2. The fraction of sp³-hybridized carbons (Fsp3) is 0.462. The molecular weight excluding hydrogens is 326 g/mol. The highest BCUT2D eigenvalue weighted by molar-refractivity contribution is 8.13. The van der Waals surface area contributed by atoms with E-state index in [4.69, 9.17) is 0 Å². The predicted molar refractivity (Wildman–Crippen MR) is 85.8 cm³/mol. The third-order valence-electron chi connectivity index (χ3n) is 3.88. The van der Waals surface area contributed by atoms with Crippen LogP contribution in [0.5, 0.6) is 0 Å². The van der Waals surface area contributed by atoms with Crippen molar-refractivity contribution in [3.63, 3.8) is 0 Å². The van der Waals surface area contributed by atoms with Gasteiger partial charge in [-0.15, -0.1) is 0 Å². The monoisotopic (exact) mass is 341 g/mol. The van der Waals surface area contributed by atoms with E-state index in [2.05, 4.69) is 4.99 Å². The first-order chi connectivity index (χ1) is 10.4. The summed E-state index contributed by atoms with van der Waals surface area (Å²) in [6.07, 6.45) is 0. The van der Waals surface area contributed by atoms with E-state index < -0.39 is 14.8 Å². The quantitative estimate of drug-likeness (QED) is 0.608. The Morgan fingerprint density at radius 1 is 1.36 bits per heavy atom. The number of likely N-dealkylation sites (N-methyl/N-ethyl adjacent to an activating group) is 1. The van der Waals surface area contributed by atoms with E-state index in [1.165, 1.54) is 23.9 Å². The Kier molecular flexibility index (Phi) is 3.85. The van der Waals surface area contributed by atoms with Gasteiger partial charge in [0.1, 0.15) is 0 Å². The fourth-order valence-electron chi connectivity index (χ4n) is 2.68. The minimum atomic E-state index is -2.96. The predicted octanol–water partition coefficient (Wildman–Crippen LogP) is 1.29. The standard InChI is InChI=1S/C13H15N3O4S2/c1-15-12-8-22(19,20)7-11(12)14-13(15)21-6-9-2-4-10(5-3-9)16(17)18/h2-5,11-12H,6-8H2,1H3/t11-,12-/m1/s1. The summed E-state index contributed by atoms with van der Waals surface area (Å²) >= 11 is 1.53. The van der Waals surface area contributed by atoms with Gasteiger partial charge in [0.05, 0.1) is 28.5 Å². The zero-order valence-corrected chi connectivity index (χ0v) is 13.5. The van der Waals surface area contributed by atoms with Crippen LogP contribution in [0.1, 0.15) is 5.56 Å². The number of rotatable bonds is 3. The number of hydrogen-bond donors (Lipinski definition) is 0. The number of nitro benzene ring substituents is 1. The number of amidine groups is 1. The van der Waals surface area contributed by atoms with Crippen LogP contribution in [0.15, 0.2) is 29.3 Å². The van der Waals surface area contributed by atoms with Gasteiger partial charge in [0, 0.05) is 24.9 Å². The number of non-ortho nitro benzene ring substituents is 1. The molecule has 9 heteroatoms. The second-order valence-corrected chi connectivity index (χ2v) is 8.54. The molecule has 22 heavy (non-hydrogen) atoms. The summed E-state index contributed by atoms with van der Waals surface area (Å²) in [4.78, 5) is 16.6. The number of benzene rings is 1. The topological polar surface area (TPSA) is 92.9 Å². The molecule has 1 fully saturated rings. The molecule has 0 unspecified atom stereocenters. The van der Waals surface area contributed by atoms with Gasteiger partial charge in [0.2, 0.25) is 0 Å². The van der Waals surface area contributed by atoms with Crippen LogP contribution in [-0.2, 0) is 15.6 Å². The van der Waals surface area contributed by atoms with Gasteiger partial charge in [-0.3, -0.25) is 15.1 Å². The number of fused-ring (bicyclic) bond motifs is 1. The van der Waals surface area contributed by atoms with Crippen molar-refractivity contribution < 1.29 is 13.3 Å². The van der Waals surface area contributed by atoms with Crippen molar-refractivity contribution >= 4 is 32.5 Å². The molecule has 7 nitrogen and oxygen atoms in total. The van der Waals surface area contributed by atoms with Crippen molar-refractivity contribution in [2.45, 2.75) is 17.8 Å². The lowest BCUT2D eigenvalue weighted by molar-refractivity contribution is -0.384. The second kappa shape index (κ2) is 5.54. The van der Waals surface area contributed by atoms with E-state index in [0.717, 1.165) is 10.7 Å². The molecule has 3 rings (SSSR count). The fourth-order valence-corrected chi connectivity index (χ4v) is 5.64. The normalized spacial score (nSPS) is 25.9. The zero-order chi connectivity index (χ0) is 15.9. The van der Waals surface area contributed by atoms with E-state index in [9.17, 15) is 18.5 Å². The lowest BCUT2D eigenvalue weighted by Gasteiger charge is -2.20. The third-order valence-corrected chi connectivity index (χ3v) is 6.71. The maximum Gasteiger partial charge on any atom is 0.269 e. The maximum atomic E-state index is 11.6. The number of aliphatic imine (C=N–C) groups is 1. The molecule has 0 aliphatic carbocycles. The van der Waals surface area contributed by atoms with E-state index >= 15 is 0 Å². The van der Waals surface area contributed by atoms with Crippen LogP contribution in [0.2, 0.25) is 0 Å². The first-order valence-corrected chi connectivity index (χ1v) is 9.53. The van der Waals surface area contributed by atoms with Crippen molar-refractivity contribution in [1.82, 2.24) is 4.90 Å². The van der Waals surface area contributed by atoms with Crippen LogP contribution < -0.4 is 0 Å². The van der Waals surface area contributed by atoms with E-state index in [-0.39, 0.29) is 29.3 Å². The van der Waals surface area contributed by atoms with Crippen molar-refractivity contribution in [3.05, 3.63) is 39.9 Å². The van der Waals surface area contributed by atoms with E-state index in [1.807, 2.05) is 11.9 Å². The number of sulfone groups is 1. The van der Waals surface area contributed by atoms with Crippen LogP contribution in [-0.4, -0.2) is 54.0 Å². The number of nitrogens with zero attached hydrogens (tertiary/aromatic N) is 3. The molecule has 0 N–H and O–H groups in total. The molecule has 2 aliphatic rings. The average Bonchev–Trinajstić information content (AvgIpc) is 2.91. The zero-order valence-electron chi connectivity index (χ0n) is 11.9. The second-order valence-electron chi connectivity index (χ2n) is 5.45. The van der Waals surface area contributed by atoms with Gasteiger partial charge in [-0.05, 0) is 5.56 Å². The molecule has 1 aromatic carbocycles. The Hall–Kier alpha value is -1.61. The van der Waals surface area contributed by atoms with E-state index in [1.54, 1.807) is 12.1 Å². The molecule has 0 amide bonds. The van der Waals surface area contributed by atoms with Gasteiger partial charge < -0.3 is 4.90 Å². The van der Waals surface area contributed by atoms with Crippen LogP contribution in [0, 0.1) is 10.1 Å². The minimum Gasteiger partial charge on any atom is -0.348 e. The molecule has 1 saturated heterocycles. The Morgan fingerprint density at radius 2 is 2.05 bits per heavy atom. The molecule has 2 heterocycles. The number of nitro groups is 1. The van der Waals surface area contributed by atoms with Gasteiger partial charge in [0.15, 0.2) is 15.0 Å². The smallest absolute Gasteiger partial charge is 0.269 e. The van der Waals surface area contributed by atoms with Crippen LogP contribution in [0.3, 0.4) is 0 Å². The number of thioether (sulfide) groups is 1. The van der Waals surface area contributed by atoms with Crippen LogP contribution >= 0.6 is 11.8 Å². The summed E-state index contributed by atoms with van der Waals surface area (Å²) in [6, 6.07) is 6.21. The first-order valence-electron chi connectivity index (χ1n) is 6.73. The van der Waals surface area contributed by atoms with Crippen molar-refractivity contribution in [2.75, 3.05) is 18.6 Å².